The van der Waals surface area contributed by atoms with Gasteiger partial charge in [-0.05, 0) is 62.6 Å². The molecule has 2 aromatic rings. The number of alkyl carbamates (subject to hydrolysis) is 1. The van der Waals surface area contributed by atoms with Gasteiger partial charge in [-0.1, -0.05) is 12.1 Å². The first kappa shape index (κ1) is 24.6. The monoisotopic (exact) mass is 465 g/mol. The molecule has 0 saturated carbocycles. The lowest BCUT2D eigenvalue weighted by molar-refractivity contribution is -0.144. The third kappa shape index (κ3) is 6.06. The van der Waals surface area contributed by atoms with Gasteiger partial charge in [0.2, 0.25) is 0 Å². The van der Waals surface area contributed by atoms with E-state index in [0.29, 0.717) is 35.2 Å². The molecule has 3 rings (SSSR count). The van der Waals surface area contributed by atoms with Crippen molar-refractivity contribution in [3.63, 3.8) is 0 Å². The molecule has 0 aromatic heterocycles. The van der Waals surface area contributed by atoms with Crippen LogP contribution in [0, 0.1) is 11.3 Å². The maximum atomic E-state index is 12.8. The minimum Gasteiger partial charge on any atom is -0.466 e. The number of carbonyl (C=O) groups excluding carboxylic acids is 4. The van der Waals surface area contributed by atoms with E-state index in [1.165, 1.54) is 0 Å². The predicted molar refractivity (Wildman–Crippen MR) is 125 cm³/mol. The molecule has 0 bridgehead atoms. The number of esters is 1. The fraction of sp³-hybridized carbons (Fsp3) is 0.320. The van der Waals surface area contributed by atoms with Crippen LogP contribution >= 0.6 is 0 Å². The second-order valence-electron chi connectivity index (χ2n) is 7.73. The lowest BCUT2D eigenvalue weighted by Gasteiger charge is -2.23. The van der Waals surface area contributed by atoms with E-state index in [0.717, 1.165) is 5.56 Å². The van der Waals surface area contributed by atoms with Crippen molar-refractivity contribution in [2.45, 2.75) is 33.1 Å². The van der Waals surface area contributed by atoms with Gasteiger partial charge in [0.25, 0.3) is 5.91 Å². The Hall–Kier alpha value is -4.01. The summed E-state index contributed by atoms with van der Waals surface area (Å²) in [6.45, 7) is 3.88. The Kier molecular flexibility index (Phi) is 8.13. The highest BCUT2D eigenvalue weighted by molar-refractivity contribution is 6.07. The first-order valence-corrected chi connectivity index (χ1v) is 11.1. The Balaban J connectivity index is 1.63. The number of anilines is 1. The van der Waals surface area contributed by atoms with Gasteiger partial charge in [-0.3, -0.25) is 25.1 Å². The van der Waals surface area contributed by atoms with Gasteiger partial charge in [-0.15, -0.1) is 0 Å². The highest BCUT2D eigenvalue weighted by atomic mass is 16.5. The molecule has 0 fully saturated rings. The smallest absolute Gasteiger partial charge is 0.412 e. The second kappa shape index (κ2) is 11.2. The fourth-order valence-electron chi connectivity index (χ4n) is 3.75. The minimum absolute atomic E-state index is 0.0768. The predicted octanol–water partition coefficient (Wildman–Crippen LogP) is 3.71. The maximum Gasteiger partial charge on any atom is 0.412 e. The number of benzene rings is 2. The molecule has 0 spiro atoms. The number of ketones is 1. The summed E-state index contributed by atoms with van der Waals surface area (Å²) in [4.78, 5) is 48.6. The van der Waals surface area contributed by atoms with Gasteiger partial charge in [-0.25, -0.2) is 4.79 Å². The molecule has 1 aliphatic rings. The number of carbonyl (C=O) groups is 4. The minimum atomic E-state index is -0.715. The molecule has 0 aliphatic heterocycles. The van der Waals surface area contributed by atoms with E-state index in [1.54, 1.807) is 56.3 Å². The normalized spacial score (nSPS) is 14.5. The molecule has 178 valence electrons. The molecule has 0 radical (unpaired) electrons. The van der Waals surface area contributed by atoms with Crippen molar-refractivity contribution in [3.05, 3.63) is 64.7 Å². The van der Waals surface area contributed by atoms with Crippen molar-refractivity contribution in [2.24, 2.45) is 5.92 Å². The molecule has 0 saturated heterocycles. The first-order chi connectivity index (χ1) is 16.3. The van der Waals surface area contributed by atoms with E-state index < -0.39 is 6.09 Å². The standard InChI is InChI=1S/C25H27N3O6/c1-3-33-21(29)14-18-10-9-17-13-19(11-12-20(17)22(18)30)27-24(31)16-7-5-15(6-8-16)23(26)28-25(32)34-4-2/h5-8,11-13,18H,3-4,9-10,14H2,1-2H3,(H,27,31)(H2,26,28,32). The molecule has 1 unspecified atom stereocenters. The zero-order valence-corrected chi connectivity index (χ0v) is 19.1. The number of nitrogens with one attached hydrogen (secondary N) is 3. The average molecular weight is 466 g/mol. The lowest BCUT2D eigenvalue weighted by atomic mass is 9.81. The summed E-state index contributed by atoms with van der Waals surface area (Å²) in [5.41, 5.74) is 2.75. The summed E-state index contributed by atoms with van der Waals surface area (Å²) in [6.07, 6.45) is 0.536. The van der Waals surface area contributed by atoms with Crippen LogP contribution in [0.4, 0.5) is 10.5 Å². The van der Waals surface area contributed by atoms with E-state index in [9.17, 15) is 19.2 Å². The molecule has 9 nitrogen and oxygen atoms in total. The number of amides is 2. The summed E-state index contributed by atoms with van der Waals surface area (Å²) in [6, 6.07) is 11.3. The van der Waals surface area contributed by atoms with Gasteiger partial charge in [0, 0.05) is 28.3 Å². The highest BCUT2D eigenvalue weighted by Crippen LogP contribution is 2.30. The van der Waals surface area contributed by atoms with Crippen LogP contribution in [0.15, 0.2) is 42.5 Å². The maximum absolute atomic E-state index is 12.8. The Labute approximate surface area is 197 Å². The molecule has 3 N–H and O–H groups in total. The first-order valence-electron chi connectivity index (χ1n) is 11.1. The average Bonchev–Trinajstić information content (AvgIpc) is 2.81. The van der Waals surface area contributed by atoms with Crippen molar-refractivity contribution < 1.29 is 28.7 Å². The fourth-order valence-corrected chi connectivity index (χ4v) is 3.75. The van der Waals surface area contributed by atoms with E-state index in [2.05, 4.69) is 10.6 Å². The number of Topliss-reactive ketones (excluding diaryl/α,β-unsaturated/α-hetero) is 1. The zero-order valence-electron chi connectivity index (χ0n) is 19.1. The highest BCUT2D eigenvalue weighted by Gasteiger charge is 2.29. The summed E-state index contributed by atoms with van der Waals surface area (Å²) < 4.78 is 9.70. The van der Waals surface area contributed by atoms with Crippen molar-refractivity contribution >= 4 is 35.3 Å². The molecule has 0 heterocycles. The van der Waals surface area contributed by atoms with Crippen LogP contribution in [-0.4, -0.2) is 42.8 Å². The summed E-state index contributed by atoms with van der Waals surface area (Å²) in [5, 5.41) is 13.0. The molecular weight excluding hydrogens is 438 g/mol. The Bertz CT molecular complexity index is 1110. The molecule has 2 aromatic carbocycles. The summed E-state index contributed by atoms with van der Waals surface area (Å²) >= 11 is 0. The molecule has 9 heteroatoms. The number of amidine groups is 1. The van der Waals surface area contributed by atoms with E-state index in [1.807, 2.05) is 0 Å². The van der Waals surface area contributed by atoms with Gasteiger partial charge in [0.1, 0.15) is 5.84 Å². The molecule has 2 amide bonds. The number of hydrogen-bond acceptors (Lipinski definition) is 7. The zero-order chi connectivity index (χ0) is 24.7. The van der Waals surface area contributed by atoms with Crippen LogP contribution < -0.4 is 10.6 Å². The molecule has 1 atom stereocenters. The topological polar surface area (TPSA) is 135 Å². The van der Waals surface area contributed by atoms with Crippen molar-refractivity contribution in [2.75, 3.05) is 18.5 Å². The van der Waals surface area contributed by atoms with Crippen molar-refractivity contribution in [1.82, 2.24) is 5.32 Å². The molecule has 34 heavy (non-hydrogen) atoms. The number of rotatable bonds is 7. The number of fused-ring (bicyclic) bond motifs is 1. The van der Waals surface area contributed by atoms with E-state index in [4.69, 9.17) is 14.9 Å². The van der Waals surface area contributed by atoms with Crippen molar-refractivity contribution in [3.8, 4) is 0 Å². The van der Waals surface area contributed by atoms with E-state index in [-0.39, 0.29) is 49.0 Å². The van der Waals surface area contributed by atoms with Gasteiger partial charge in [0.05, 0.1) is 19.6 Å². The Morgan fingerprint density at radius 3 is 2.35 bits per heavy atom. The largest absolute Gasteiger partial charge is 0.466 e. The van der Waals surface area contributed by atoms with Crippen LogP contribution in [0.2, 0.25) is 0 Å². The summed E-state index contributed by atoms with van der Waals surface area (Å²) in [5.74, 6) is -1.32. The van der Waals surface area contributed by atoms with E-state index >= 15 is 0 Å². The number of hydrogen-bond donors (Lipinski definition) is 3. The Morgan fingerprint density at radius 2 is 1.68 bits per heavy atom. The quantitative estimate of drug-likeness (QED) is 0.324. The lowest BCUT2D eigenvalue weighted by Crippen LogP contribution is -2.31. The molecular formula is C25H27N3O6. The third-order valence-electron chi connectivity index (χ3n) is 5.42. The van der Waals surface area contributed by atoms with Crippen LogP contribution in [0.25, 0.3) is 0 Å². The van der Waals surface area contributed by atoms with Crippen LogP contribution in [0.3, 0.4) is 0 Å². The van der Waals surface area contributed by atoms with Crippen molar-refractivity contribution in [1.29, 1.82) is 5.41 Å². The SMILES string of the molecule is CCOC(=O)CC1CCc2cc(NC(=O)c3ccc(C(=N)NC(=O)OCC)cc3)ccc2C1=O. The van der Waals surface area contributed by atoms with Crippen LogP contribution in [0.5, 0.6) is 0 Å². The third-order valence-corrected chi connectivity index (χ3v) is 5.42. The van der Waals surface area contributed by atoms with Gasteiger partial charge < -0.3 is 14.8 Å². The van der Waals surface area contributed by atoms with Gasteiger partial charge in [-0.2, -0.15) is 0 Å². The van der Waals surface area contributed by atoms with Gasteiger partial charge in [0.15, 0.2) is 5.78 Å². The second-order valence-corrected chi connectivity index (χ2v) is 7.73. The Morgan fingerprint density at radius 1 is 1.00 bits per heavy atom. The van der Waals surface area contributed by atoms with Crippen LogP contribution in [0.1, 0.15) is 58.5 Å². The summed E-state index contributed by atoms with van der Waals surface area (Å²) in [7, 11) is 0. The molecule has 1 aliphatic carbocycles. The number of aryl methyl sites for hydroxylation is 1. The van der Waals surface area contributed by atoms with Gasteiger partial charge >= 0.3 is 12.1 Å². The van der Waals surface area contributed by atoms with Crippen LogP contribution in [-0.2, 0) is 20.7 Å². The number of ether oxygens (including phenoxy) is 2.